The van der Waals surface area contributed by atoms with E-state index in [9.17, 15) is 9.59 Å². The zero-order valence-electron chi connectivity index (χ0n) is 11.3. The normalized spacial score (nSPS) is 25.6. The summed E-state index contributed by atoms with van der Waals surface area (Å²) in [5, 5.41) is 3.11. The van der Waals surface area contributed by atoms with Gasteiger partial charge in [0, 0.05) is 11.4 Å². The molecule has 3 rings (SSSR count). The fourth-order valence-electron chi connectivity index (χ4n) is 3.86. The van der Waals surface area contributed by atoms with Crippen LogP contribution in [0, 0.1) is 5.41 Å². The van der Waals surface area contributed by atoms with Crippen LogP contribution in [0.25, 0.3) is 0 Å². The number of piperidine rings is 1. The molecule has 1 aliphatic heterocycles. The molecule has 1 aromatic carbocycles. The molecule has 1 saturated heterocycles. The number of imide groups is 1. The van der Waals surface area contributed by atoms with Crippen LogP contribution in [0.1, 0.15) is 50.0 Å². The minimum Gasteiger partial charge on any atom is -0.296 e. The summed E-state index contributed by atoms with van der Waals surface area (Å²) in [5.74, 6) is -0.620. The largest absolute Gasteiger partial charge is 0.296 e. The van der Waals surface area contributed by atoms with E-state index >= 15 is 0 Å². The van der Waals surface area contributed by atoms with E-state index in [-0.39, 0.29) is 23.1 Å². The summed E-state index contributed by atoms with van der Waals surface area (Å²) in [6, 6.07) is 7.50. The summed E-state index contributed by atoms with van der Waals surface area (Å²) in [6.07, 6.45) is 5.66. The van der Waals surface area contributed by atoms with Crippen LogP contribution in [-0.2, 0) is 9.59 Å². The number of nitrogens with one attached hydrogen (secondary N) is 1. The van der Waals surface area contributed by atoms with Gasteiger partial charge in [-0.25, -0.2) is 0 Å². The first kappa shape index (κ1) is 13.6. The summed E-state index contributed by atoms with van der Waals surface area (Å²) >= 11 is 6.30. The summed E-state index contributed by atoms with van der Waals surface area (Å²) in [6.45, 7) is 0. The van der Waals surface area contributed by atoms with Crippen LogP contribution in [0.2, 0.25) is 5.02 Å². The van der Waals surface area contributed by atoms with E-state index in [0.29, 0.717) is 11.4 Å². The lowest BCUT2D eigenvalue weighted by Crippen LogP contribution is -2.51. The van der Waals surface area contributed by atoms with Crippen molar-refractivity contribution >= 4 is 23.4 Å². The Kier molecular flexibility index (Phi) is 3.55. The maximum atomic E-state index is 12.4. The molecule has 1 spiro atoms. The topological polar surface area (TPSA) is 46.2 Å². The van der Waals surface area contributed by atoms with Gasteiger partial charge in [0.1, 0.15) is 0 Å². The van der Waals surface area contributed by atoms with Gasteiger partial charge in [-0.3, -0.25) is 14.9 Å². The second-order valence-corrected chi connectivity index (χ2v) is 6.37. The predicted molar refractivity (Wildman–Crippen MR) is 77.5 cm³/mol. The molecule has 4 heteroatoms. The van der Waals surface area contributed by atoms with Gasteiger partial charge in [0.15, 0.2) is 0 Å². The Hall–Kier alpha value is -1.35. The molecule has 1 unspecified atom stereocenters. The average Bonchev–Trinajstić information content (AvgIpc) is 2.41. The average molecular weight is 292 g/mol. The lowest BCUT2D eigenvalue weighted by atomic mass is 9.60. The third-order valence-corrected chi connectivity index (χ3v) is 5.06. The van der Waals surface area contributed by atoms with Gasteiger partial charge >= 0.3 is 0 Å². The molecule has 0 radical (unpaired) electrons. The zero-order chi connectivity index (χ0) is 14.2. The third-order valence-electron chi connectivity index (χ3n) is 4.72. The first-order valence-electron chi connectivity index (χ1n) is 7.20. The smallest absolute Gasteiger partial charge is 0.234 e. The monoisotopic (exact) mass is 291 g/mol. The summed E-state index contributed by atoms with van der Waals surface area (Å²) in [5.41, 5.74) is 0.629. The van der Waals surface area contributed by atoms with Crippen molar-refractivity contribution in [1.29, 1.82) is 0 Å². The van der Waals surface area contributed by atoms with Crippen LogP contribution in [0.3, 0.4) is 0 Å². The van der Waals surface area contributed by atoms with Crippen molar-refractivity contribution in [1.82, 2.24) is 5.32 Å². The molecule has 1 saturated carbocycles. The van der Waals surface area contributed by atoms with Crippen molar-refractivity contribution < 1.29 is 9.59 Å². The molecule has 0 aromatic heterocycles. The lowest BCUT2D eigenvalue weighted by molar-refractivity contribution is -0.141. The molecule has 1 N–H and O–H groups in total. The Balaban J connectivity index is 2.06. The summed E-state index contributed by atoms with van der Waals surface area (Å²) < 4.78 is 0. The molecule has 2 amide bonds. The number of carbonyl (C=O) groups excluding carboxylic acids is 2. The van der Waals surface area contributed by atoms with Crippen LogP contribution in [0.4, 0.5) is 0 Å². The van der Waals surface area contributed by atoms with Gasteiger partial charge < -0.3 is 0 Å². The Morgan fingerprint density at radius 1 is 1.10 bits per heavy atom. The van der Waals surface area contributed by atoms with E-state index in [4.69, 9.17) is 11.6 Å². The van der Waals surface area contributed by atoms with E-state index < -0.39 is 0 Å². The minimum atomic E-state index is -0.297. The SMILES string of the molecule is O=C1CC2(CCCCC2)C(c2ccccc2Cl)C(=O)N1. The highest BCUT2D eigenvalue weighted by atomic mass is 35.5. The molecule has 1 atom stereocenters. The van der Waals surface area contributed by atoms with E-state index in [1.54, 1.807) is 0 Å². The van der Waals surface area contributed by atoms with Gasteiger partial charge in [-0.2, -0.15) is 0 Å². The van der Waals surface area contributed by atoms with Crippen LogP contribution in [0.15, 0.2) is 24.3 Å². The third kappa shape index (κ3) is 2.24. The van der Waals surface area contributed by atoms with Crippen molar-refractivity contribution in [2.24, 2.45) is 5.41 Å². The van der Waals surface area contributed by atoms with Gasteiger partial charge in [0.25, 0.3) is 0 Å². The molecule has 106 valence electrons. The van der Waals surface area contributed by atoms with Crippen molar-refractivity contribution in [3.8, 4) is 0 Å². The highest BCUT2D eigenvalue weighted by Gasteiger charge is 2.49. The van der Waals surface area contributed by atoms with Gasteiger partial charge in [-0.05, 0) is 29.9 Å². The second kappa shape index (κ2) is 5.21. The molecule has 20 heavy (non-hydrogen) atoms. The van der Waals surface area contributed by atoms with Gasteiger partial charge in [0.2, 0.25) is 11.8 Å². The van der Waals surface area contributed by atoms with Crippen LogP contribution < -0.4 is 5.32 Å². The molecule has 1 aliphatic carbocycles. The molecule has 2 fully saturated rings. The molecule has 1 heterocycles. The molecular formula is C16H18ClNO2. The van der Waals surface area contributed by atoms with Crippen molar-refractivity contribution in [2.45, 2.75) is 44.4 Å². The molecular weight excluding hydrogens is 274 g/mol. The highest BCUT2D eigenvalue weighted by Crippen LogP contribution is 2.52. The Morgan fingerprint density at radius 3 is 2.50 bits per heavy atom. The first-order chi connectivity index (χ1) is 9.62. The molecule has 2 aliphatic rings. The quantitative estimate of drug-likeness (QED) is 0.806. The Labute approximate surface area is 123 Å². The van der Waals surface area contributed by atoms with Gasteiger partial charge in [0.05, 0.1) is 5.92 Å². The number of rotatable bonds is 1. The number of hydrogen-bond donors (Lipinski definition) is 1. The van der Waals surface area contributed by atoms with Crippen LogP contribution in [-0.4, -0.2) is 11.8 Å². The van der Waals surface area contributed by atoms with Crippen molar-refractivity contribution in [2.75, 3.05) is 0 Å². The van der Waals surface area contributed by atoms with E-state index in [0.717, 1.165) is 31.2 Å². The van der Waals surface area contributed by atoms with Crippen molar-refractivity contribution in [3.05, 3.63) is 34.9 Å². The maximum Gasteiger partial charge on any atom is 0.234 e. The molecule has 0 bridgehead atoms. The summed E-state index contributed by atoms with van der Waals surface area (Å²) in [4.78, 5) is 24.3. The van der Waals surface area contributed by atoms with Crippen LogP contribution in [0.5, 0.6) is 0 Å². The fourth-order valence-corrected chi connectivity index (χ4v) is 4.10. The van der Waals surface area contributed by atoms with E-state index in [1.165, 1.54) is 6.42 Å². The highest BCUT2D eigenvalue weighted by molar-refractivity contribution is 6.31. The number of hydrogen-bond acceptors (Lipinski definition) is 2. The van der Waals surface area contributed by atoms with E-state index in [1.807, 2.05) is 24.3 Å². The minimum absolute atomic E-state index is 0.139. The maximum absolute atomic E-state index is 12.4. The molecule has 3 nitrogen and oxygen atoms in total. The number of halogens is 1. The predicted octanol–water partition coefficient (Wildman–Crippen LogP) is 3.42. The second-order valence-electron chi connectivity index (χ2n) is 5.97. The van der Waals surface area contributed by atoms with Gasteiger partial charge in [-0.1, -0.05) is 49.1 Å². The van der Waals surface area contributed by atoms with Crippen LogP contribution >= 0.6 is 11.6 Å². The van der Waals surface area contributed by atoms with Crippen molar-refractivity contribution in [3.63, 3.8) is 0 Å². The standard InChI is InChI=1S/C16H18ClNO2/c17-12-7-3-2-6-11(12)14-15(20)18-13(19)10-16(14)8-4-1-5-9-16/h2-3,6-7,14H,1,4-5,8-10H2,(H,18,19,20). The molecule has 1 aromatic rings. The first-order valence-corrected chi connectivity index (χ1v) is 7.58. The van der Waals surface area contributed by atoms with E-state index in [2.05, 4.69) is 5.32 Å². The lowest BCUT2D eigenvalue weighted by Gasteiger charge is -2.45. The zero-order valence-corrected chi connectivity index (χ0v) is 12.1. The summed E-state index contributed by atoms with van der Waals surface area (Å²) in [7, 11) is 0. The number of amides is 2. The number of benzene rings is 1. The Morgan fingerprint density at radius 2 is 1.80 bits per heavy atom. The van der Waals surface area contributed by atoms with Gasteiger partial charge in [-0.15, -0.1) is 0 Å². The fraction of sp³-hybridized carbons (Fsp3) is 0.500. The number of carbonyl (C=O) groups is 2. The Bertz CT molecular complexity index is 549.